The van der Waals surface area contributed by atoms with E-state index in [0.29, 0.717) is 11.6 Å². The molecule has 7 heteroatoms. The molecule has 0 saturated carbocycles. The average Bonchev–Trinajstić information content (AvgIpc) is 2.88. The third kappa shape index (κ3) is 4.25. The third-order valence-electron chi connectivity index (χ3n) is 6.67. The van der Waals surface area contributed by atoms with Gasteiger partial charge in [0.1, 0.15) is 5.75 Å². The molecule has 2 fully saturated rings. The molecule has 0 radical (unpaired) electrons. The van der Waals surface area contributed by atoms with Crippen LogP contribution in [0, 0.1) is 0 Å². The van der Waals surface area contributed by atoms with Crippen molar-refractivity contribution in [3.05, 3.63) is 60.4 Å². The largest absolute Gasteiger partial charge is 0.497 e. The highest BCUT2D eigenvalue weighted by Gasteiger charge is 2.30. The van der Waals surface area contributed by atoms with E-state index in [4.69, 9.17) is 4.74 Å². The maximum atomic E-state index is 13.2. The first-order chi connectivity index (χ1) is 15.7. The second kappa shape index (κ2) is 9.12. The van der Waals surface area contributed by atoms with Crippen molar-refractivity contribution < 1.29 is 9.53 Å². The van der Waals surface area contributed by atoms with Gasteiger partial charge in [0.2, 0.25) is 0 Å². The fourth-order valence-electron chi connectivity index (χ4n) is 4.85. The molecule has 0 spiro atoms. The van der Waals surface area contributed by atoms with E-state index in [1.807, 2.05) is 35.2 Å². The summed E-state index contributed by atoms with van der Waals surface area (Å²) in [4.78, 5) is 28.9. The van der Waals surface area contributed by atoms with Crippen molar-refractivity contribution in [2.45, 2.75) is 18.9 Å². The van der Waals surface area contributed by atoms with Gasteiger partial charge in [0, 0.05) is 69.0 Å². The summed E-state index contributed by atoms with van der Waals surface area (Å²) in [6.45, 7) is 5.65. The smallest absolute Gasteiger partial charge is 0.253 e. The number of methoxy groups -OCH3 is 1. The number of likely N-dealkylation sites (tertiary alicyclic amines) is 1. The third-order valence-corrected chi connectivity index (χ3v) is 6.67. The minimum Gasteiger partial charge on any atom is -0.497 e. The van der Waals surface area contributed by atoms with Crippen molar-refractivity contribution in [1.29, 1.82) is 0 Å². The Hall–Kier alpha value is -3.19. The Balaban J connectivity index is 1.20. The highest BCUT2D eigenvalue weighted by Crippen LogP contribution is 2.24. The summed E-state index contributed by atoms with van der Waals surface area (Å²) in [5, 5.41) is 0. The number of amides is 1. The molecule has 2 aliphatic heterocycles. The molecule has 5 rings (SSSR count). The van der Waals surface area contributed by atoms with E-state index in [9.17, 15) is 4.79 Å². The molecule has 7 nitrogen and oxygen atoms in total. The minimum atomic E-state index is 0.0964. The molecule has 0 aliphatic carbocycles. The van der Waals surface area contributed by atoms with Crippen molar-refractivity contribution in [2.75, 3.05) is 51.3 Å². The zero-order valence-electron chi connectivity index (χ0n) is 18.5. The molecular weight excluding hydrogens is 402 g/mol. The highest BCUT2D eigenvalue weighted by atomic mass is 16.5. The number of piperidine rings is 1. The van der Waals surface area contributed by atoms with Gasteiger partial charge in [-0.1, -0.05) is 0 Å². The van der Waals surface area contributed by atoms with Crippen LogP contribution in [0.1, 0.15) is 23.2 Å². The Morgan fingerprint density at radius 1 is 0.938 bits per heavy atom. The zero-order valence-corrected chi connectivity index (χ0v) is 18.5. The number of carbonyl (C=O) groups excluding carboxylic acids is 1. The molecular formula is C25H29N5O2. The fraction of sp³-hybridized carbons (Fsp3) is 0.400. The molecule has 0 bridgehead atoms. The number of benzene rings is 2. The van der Waals surface area contributed by atoms with Gasteiger partial charge in [0.05, 0.1) is 18.1 Å². The van der Waals surface area contributed by atoms with E-state index in [1.165, 1.54) is 5.69 Å². The van der Waals surface area contributed by atoms with Crippen LogP contribution in [0.4, 0.5) is 5.69 Å². The van der Waals surface area contributed by atoms with Crippen LogP contribution in [0.15, 0.2) is 54.9 Å². The number of piperazine rings is 1. The standard InChI is InChI=1S/C25H29N5O2/c1-32-22-7-5-20(6-8-22)28-13-15-29(16-14-28)21-3-2-12-30(18-21)25(31)19-4-9-23-24(17-19)27-11-10-26-23/h4-11,17,21H,2-3,12-16,18H2,1H3/t21-/m1/s1. The number of hydrogen-bond acceptors (Lipinski definition) is 6. The summed E-state index contributed by atoms with van der Waals surface area (Å²) in [7, 11) is 1.69. The van der Waals surface area contributed by atoms with Gasteiger partial charge in [-0.05, 0) is 55.3 Å². The van der Waals surface area contributed by atoms with Crippen LogP contribution in [0.2, 0.25) is 0 Å². The molecule has 1 amide bonds. The number of carbonyl (C=O) groups is 1. The first-order valence-corrected chi connectivity index (χ1v) is 11.3. The van der Waals surface area contributed by atoms with Gasteiger partial charge in [-0.2, -0.15) is 0 Å². The van der Waals surface area contributed by atoms with Crippen molar-refractivity contribution in [1.82, 2.24) is 19.8 Å². The zero-order chi connectivity index (χ0) is 21.9. The van der Waals surface area contributed by atoms with Crippen LogP contribution in [0.5, 0.6) is 5.75 Å². The Labute approximate surface area is 188 Å². The van der Waals surface area contributed by atoms with Gasteiger partial charge < -0.3 is 14.5 Å². The van der Waals surface area contributed by atoms with Crippen LogP contribution in [-0.4, -0.2) is 78.1 Å². The van der Waals surface area contributed by atoms with Gasteiger partial charge in [0.25, 0.3) is 5.91 Å². The minimum absolute atomic E-state index is 0.0964. The summed E-state index contributed by atoms with van der Waals surface area (Å²) in [6, 6.07) is 14.3. The summed E-state index contributed by atoms with van der Waals surface area (Å²) < 4.78 is 5.27. The lowest BCUT2D eigenvalue weighted by molar-refractivity contribution is 0.0563. The number of rotatable bonds is 4. The fourth-order valence-corrected chi connectivity index (χ4v) is 4.85. The topological polar surface area (TPSA) is 61.8 Å². The van der Waals surface area contributed by atoms with Crippen molar-refractivity contribution >= 4 is 22.6 Å². The number of nitrogens with zero attached hydrogens (tertiary/aromatic N) is 5. The molecule has 1 atom stereocenters. The lowest BCUT2D eigenvalue weighted by Crippen LogP contribution is -2.55. The van der Waals surface area contributed by atoms with E-state index < -0.39 is 0 Å². The molecule has 166 valence electrons. The first-order valence-electron chi connectivity index (χ1n) is 11.3. The van der Waals surface area contributed by atoms with Gasteiger partial charge >= 0.3 is 0 Å². The molecule has 32 heavy (non-hydrogen) atoms. The quantitative estimate of drug-likeness (QED) is 0.633. The second-order valence-corrected chi connectivity index (χ2v) is 8.53. The number of aromatic nitrogens is 2. The van der Waals surface area contributed by atoms with Gasteiger partial charge in [0.15, 0.2) is 0 Å². The number of anilines is 1. The van der Waals surface area contributed by atoms with Crippen molar-refractivity contribution in [3.8, 4) is 5.75 Å². The van der Waals surface area contributed by atoms with E-state index >= 15 is 0 Å². The van der Waals surface area contributed by atoms with E-state index in [0.717, 1.165) is 68.9 Å². The molecule has 2 aliphatic rings. The SMILES string of the molecule is COc1ccc(N2CCN([C@@H]3CCCN(C(=O)c4ccc5nccnc5c4)C3)CC2)cc1. The molecule has 1 aromatic heterocycles. The van der Waals surface area contributed by atoms with E-state index in [-0.39, 0.29) is 5.91 Å². The normalized spacial score (nSPS) is 19.8. The van der Waals surface area contributed by atoms with Crippen LogP contribution in [0.25, 0.3) is 11.0 Å². The van der Waals surface area contributed by atoms with E-state index in [1.54, 1.807) is 19.5 Å². The second-order valence-electron chi connectivity index (χ2n) is 8.53. The van der Waals surface area contributed by atoms with Crippen molar-refractivity contribution in [3.63, 3.8) is 0 Å². The van der Waals surface area contributed by atoms with E-state index in [2.05, 4.69) is 31.9 Å². The lowest BCUT2D eigenvalue weighted by atomic mass is 10.0. The summed E-state index contributed by atoms with van der Waals surface area (Å²) in [6.07, 6.45) is 5.53. The van der Waals surface area contributed by atoms with Gasteiger partial charge in [-0.25, -0.2) is 0 Å². The van der Waals surface area contributed by atoms with Crippen molar-refractivity contribution in [2.24, 2.45) is 0 Å². The first kappa shape index (κ1) is 20.7. The molecule has 2 saturated heterocycles. The Morgan fingerprint density at radius 3 is 2.44 bits per heavy atom. The summed E-state index contributed by atoms with van der Waals surface area (Å²) >= 11 is 0. The Morgan fingerprint density at radius 2 is 1.69 bits per heavy atom. The van der Waals surface area contributed by atoms with Crippen LogP contribution < -0.4 is 9.64 Å². The van der Waals surface area contributed by atoms with Crippen LogP contribution in [0.3, 0.4) is 0 Å². The molecule has 2 aromatic carbocycles. The van der Waals surface area contributed by atoms with Gasteiger partial charge in [-0.3, -0.25) is 19.7 Å². The summed E-state index contributed by atoms with van der Waals surface area (Å²) in [5.41, 5.74) is 3.52. The molecule has 3 aromatic rings. The average molecular weight is 432 g/mol. The van der Waals surface area contributed by atoms with Crippen LogP contribution >= 0.6 is 0 Å². The predicted octanol–water partition coefficient (Wildman–Crippen LogP) is 3.07. The lowest BCUT2D eigenvalue weighted by Gasteiger charge is -2.44. The highest BCUT2D eigenvalue weighted by molar-refractivity contribution is 5.97. The molecule has 3 heterocycles. The monoisotopic (exact) mass is 431 g/mol. The van der Waals surface area contributed by atoms with Crippen LogP contribution in [-0.2, 0) is 0 Å². The van der Waals surface area contributed by atoms with Gasteiger partial charge in [-0.15, -0.1) is 0 Å². The predicted molar refractivity (Wildman–Crippen MR) is 125 cm³/mol. The molecule has 0 unspecified atom stereocenters. The number of fused-ring (bicyclic) bond motifs is 1. The summed E-state index contributed by atoms with van der Waals surface area (Å²) in [5.74, 6) is 0.983. The maximum absolute atomic E-state index is 13.2. The number of ether oxygens (including phenoxy) is 1. The Bertz CT molecular complexity index is 1080. The maximum Gasteiger partial charge on any atom is 0.253 e. The molecule has 0 N–H and O–H groups in total. The number of hydrogen-bond donors (Lipinski definition) is 0. The Kier molecular flexibility index (Phi) is 5.90.